The largest absolute Gasteiger partial charge is 0.357 e. The van der Waals surface area contributed by atoms with E-state index < -0.39 is 6.04 Å². The Balaban J connectivity index is 1.80. The summed E-state index contributed by atoms with van der Waals surface area (Å²) in [6.45, 7) is 0.330. The van der Waals surface area contributed by atoms with Crippen LogP contribution < -0.4 is 5.32 Å². The summed E-state index contributed by atoms with van der Waals surface area (Å²) in [6, 6.07) is 22.3. The summed E-state index contributed by atoms with van der Waals surface area (Å²) in [6.07, 6.45) is 0.428. The molecule has 0 aliphatic heterocycles. The van der Waals surface area contributed by atoms with Crippen LogP contribution in [0.5, 0.6) is 0 Å². The van der Waals surface area contributed by atoms with Gasteiger partial charge in [0.25, 0.3) is 0 Å². The van der Waals surface area contributed by atoms with Crippen molar-refractivity contribution in [3.8, 4) is 0 Å². The van der Waals surface area contributed by atoms with Crippen LogP contribution in [0.4, 0.5) is 0 Å². The molecular formula is C26H25BrCl2N2O2S. The van der Waals surface area contributed by atoms with Gasteiger partial charge in [-0.2, -0.15) is 0 Å². The maximum Gasteiger partial charge on any atom is 0.242 e. The number of carbonyl (C=O) groups excluding carboxylic acids is 2. The van der Waals surface area contributed by atoms with E-state index in [2.05, 4.69) is 21.2 Å². The third-order valence-electron chi connectivity index (χ3n) is 5.24. The fraction of sp³-hybridized carbons (Fsp3) is 0.231. The molecule has 0 radical (unpaired) electrons. The Morgan fingerprint density at radius 1 is 0.941 bits per heavy atom. The molecule has 1 atom stereocenters. The third-order valence-corrected chi connectivity index (χ3v) is 7.46. The molecular weight excluding hydrogens is 555 g/mol. The minimum atomic E-state index is -0.635. The average molecular weight is 580 g/mol. The standard InChI is InChI=1S/C26H25BrCl2N2O2S/c1-30-26(33)24(14-18-6-3-2-4-7-18)31(15-19-8-5-9-21(27)12-19)25(32)17-34-16-20-10-11-22(28)23(29)13-20/h2-13,24H,14-17H2,1H3,(H,30,33). The lowest BCUT2D eigenvalue weighted by Crippen LogP contribution is -2.50. The number of halogens is 3. The number of hydrogen-bond donors (Lipinski definition) is 1. The first-order chi connectivity index (χ1) is 16.4. The molecule has 0 fully saturated rings. The van der Waals surface area contributed by atoms with Crippen molar-refractivity contribution < 1.29 is 9.59 Å². The molecule has 0 saturated carbocycles. The van der Waals surface area contributed by atoms with Gasteiger partial charge in [0.05, 0.1) is 15.8 Å². The first kappa shape index (κ1) is 26.6. The molecule has 0 aliphatic rings. The molecule has 2 amide bonds. The Kier molecular flexibility index (Phi) is 10.3. The van der Waals surface area contributed by atoms with E-state index in [1.807, 2.05) is 66.7 Å². The highest BCUT2D eigenvalue weighted by atomic mass is 79.9. The van der Waals surface area contributed by atoms with Gasteiger partial charge in [0.2, 0.25) is 11.8 Å². The number of benzene rings is 3. The van der Waals surface area contributed by atoms with Crippen LogP contribution in [0.2, 0.25) is 10.0 Å². The maximum atomic E-state index is 13.5. The minimum absolute atomic E-state index is 0.102. The summed E-state index contributed by atoms with van der Waals surface area (Å²) < 4.78 is 0.922. The van der Waals surface area contributed by atoms with Gasteiger partial charge in [0.1, 0.15) is 6.04 Å². The number of carbonyl (C=O) groups is 2. The smallest absolute Gasteiger partial charge is 0.242 e. The highest BCUT2D eigenvalue weighted by Crippen LogP contribution is 2.25. The molecule has 0 bridgehead atoms. The van der Waals surface area contributed by atoms with Crippen molar-refractivity contribution in [2.45, 2.75) is 24.8 Å². The molecule has 0 saturated heterocycles. The summed E-state index contributed by atoms with van der Waals surface area (Å²) in [7, 11) is 1.60. The van der Waals surface area contributed by atoms with Crippen LogP contribution in [0.15, 0.2) is 77.3 Å². The highest BCUT2D eigenvalue weighted by molar-refractivity contribution is 9.10. The van der Waals surface area contributed by atoms with E-state index in [1.165, 1.54) is 11.8 Å². The van der Waals surface area contributed by atoms with E-state index in [4.69, 9.17) is 23.2 Å². The highest BCUT2D eigenvalue weighted by Gasteiger charge is 2.29. The lowest BCUT2D eigenvalue weighted by atomic mass is 10.0. The average Bonchev–Trinajstić information content (AvgIpc) is 2.83. The topological polar surface area (TPSA) is 49.4 Å². The van der Waals surface area contributed by atoms with Gasteiger partial charge in [-0.25, -0.2) is 0 Å². The second-order valence-corrected chi connectivity index (χ2v) is 10.4. The zero-order valence-electron chi connectivity index (χ0n) is 18.6. The maximum absolute atomic E-state index is 13.5. The van der Waals surface area contributed by atoms with Gasteiger partial charge in [-0.3, -0.25) is 9.59 Å². The van der Waals surface area contributed by atoms with Crippen molar-refractivity contribution in [1.29, 1.82) is 0 Å². The number of likely N-dealkylation sites (N-methyl/N-ethyl adjacent to an activating group) is 1. The van der Waals surface area contributed by atoms with Gasteiger partial charge in [-0.15, -0.1) is 11.8 Å². The molecule has 178 valence electrons. The second kappa shape index (κ2) is 13.2. The zero-order chi connectivity index (χ0) is 24.5. The number of rotatable bonds is 10. The molecule has 1 N–H and O–H groups in total. The van der Waals surface area contributed by atoms with Crippen LogP contribution in [0, 0.1) is 0 Å². The Bertz CT molecular complexity index is 1130. The summed E-state index contributed by atoms with van der Waals surface area (Å²) in [5.74, 6) is 0.545. The fourth-order valence-corrected chi connectivity index (χ4v) is 5.15. The van der Waals surface area contributed by atoms with Gasteiger partial charge in [0.15, 0.2) is 0 Å². The Hall–Kier alpha value is -1.99. The molecule has 0 heterocycles. The van der Waals surface area contributed by atoms with E-state index >= 15 is 0 Å². The van der Waals surface area contributed by atoms with Crippen molar-refractivity contribution in [2.24, 2.45) is 0 Å². The number of nitrogens with one attached hydrogen (secondary N) is 1. The van der Waals surface area contributed by atoms with Crippen LogP contribution >= 0.6 is 50.9 Å². The summed E-state index contributed by atoms with van der Waals surface area (Å²) in [4.78, 5) is 28.1. The first-order valence-corrected chi connectivity index (χ1v) is 13.4. The molecule has 4 nitrogen and oxygen atoms in total. The summed E-state index contributed by atoms with van der Waals surface area (Å²) in [5.41, 5.74) is 2.92. The summed E-state index contributed by atoms with van der Waals surface area (Å²) >= 11 is 17.1. The van der Waals surface area contributed by atoms with Crippen LogP contribution in [-0.2, 0) is 28.3 Å². The van der Waals surface area contributed by atoms with Crippen molar-refractivity contribution >= 4 is 62.7 Å². The van der Waals surface area contributed by atoms with Crippen LogP contribution in [-0.4, -0.2) is 35.6 Å². The predicted octanol–water partition coefficient (Wildman–Crippen LogP) is 6.38. The normalized spacial score (nSPS) is 11.6. The summed E-state index contributed by atoms with van der Waals surface area (Å²) in [5, 5.41) is 3.73. The van der Waals surface area contributed by atoms with E-state index in [0.29, 0.717) is 28.8 Å². The van der Waals surface area contributed by atoms with Gasteiger partial charge in [-0.05, 0) is 41.0 Å². The van der Waals surface area contributed by atoms with Crippen LogP contribution in [0.1, 0.15) is 16.7 Å². The second-order valence-electron chi connectivity index (χ2n) is 7.71. The van der Waals surface area contributed by atoms with E-state index in [9.17, 15) is 9.59 Å². The van der Waals surface area contributed by atoms with E-state index in [1.54, 1.807) is 18.0 Å². The Labute approximate surface area is 223 Å². The molecule has 3 rings (SSSR count). The van der Waals surface area contributed by atoms with Crippen molar-refractivity contribution in [2.75, 3.05) is 12.8 Å². The quantitative estimate of drug-likeness (QED) is 0.303. The van der Waals surface area contributed by atoms with E-state index in [0.717, 1.165) is 21.2 Å². The lowest BCUT2D eigenvalue weighted by Gasteiger charge is -2.31. The van der Waals surface area contributed by atoms with Gasteiger partial charge in [-0.1, -0.05) is 87.7 Å². The molecule has 0 aliphatic carbocycles. The predicted molar refractivity (Wildman–Crippen MR) is 145 cm³/mol. The monoisotopic (exact) mass is 578 g/mol. The van der Waals surface area contributed by atoms with Gasteiger partial charge in [0, 0.05) is 30.2 Å². The molecule has 34 heavy (non-hydrogen) atoms. The molecule has 1 unspecified atom stereocenters. The number of hydrogen-bond acceptors (Lipinski definition) is 3. The zero-order valence-corrected chi connectivity index (χ0v) is 22.6. The van der Waals surface area contributed by atoms with Crippen LogP contribution in [0.3, 0.4) is 0 Å². The fourth-order valence-electron chi connectivity index (χ4n) is 3.52. The molecule has 3 aromatic rings. The van der Waals surface area contributed by atoms with Crippen molar-refractivity contribution in [3.63, 3.8) is 0 Å². The SMILES string of the molecule is CNC(=O)C(Cc1ccccc1)N(Cc1cccc(Br)c1)C(=O)CSCc1ccc(Cl)c(Cl)c1. The van der Waals surface area contributed by atoms with Crippen LogP contribution in [0.25, 0.3) is 0 Å². The van der Waals surface area contributed by atoms with Gasteiger partial charge < -0.3 is 10.2 Å². The molecule has 3 aromatic carbocycles. The minimum Gasteiger partial charge on any atom is -0.357 e. The van der Waals surface area contributed by atoms with Gasteiger partial charge >= 0.3 is 0 Å². The van der Waals surface area contributed by atoms with E-state index in [-0.39, 0.29) is 17.6 Å². The Morgan fingerprint density at radius 2 is 1.68 bits per heavy atom. The molecule has 0 spiro atoms. The molecule has 8 heteroatoms. The number of thioether (sulfide) groups is 1. The van der Waals surface area contributed by atoms with Crippen molar-refractivity contribution in [1.82, 2.24) is 10.2 Å². The third kappa shape index (κ3) is 7.77. The number of nitrogens with zero attached hydrogens (tertiary/aromatic N) is 1. The lowest BCUT2D eigenvalue weighted by molar-refractivity contribution is -0.139. The Morgan fingerprint density at radius 3 is 2.35 bits per heavy atom. The molecule has 0 aromatic heterocycles. The number of amides is 2. The first-order valence-electron chi connectivity index (χ1n) is 10.7. The van der Waals surface area contributed by atoms with Crippen molar-refractivity contribution in [3.05, 3.63) is 104 Å².